The average molecular weight is 396 g/mol. The van der Waals surface area contributed by atoms with Crippen LogP contribution < -0.4 is 10.2 Å². The summed E-state index contributed by atoms with van der Waals surface area (Å²) >= 11 is 0. The van der Waals surface area contributed by atoms with Crippen LogP contribution in [0.1, 0.15) is 21.5 Å². The molecule has 0 saturated heterocycles. The molecule has 0 spiro atoms. The van der Waals surface area contributed by atoms with Crippen molar-refractivity contribution in [2.24, 2.45) is 5.10 Å². The van der Waals surface area contributed by atoms with Crippen molar-refractivity contribution in [1.82, 2.24) is 5.43 Å². The number of phenolic OH excluding ortho intramolecular Hbond substituents is 3. The van der Waals surface area contributed by atoms with Gasteiger partial charge in [0.05, 0.1) is 6.21 Å². The molecule has 0 unspecified atom stereocenters. The molecule has 0 aromatic heterocycles. The Kier molecular flexibility index (Phi) is 5.94. The average Bonchev–Trinajstić information content (AvgIpc) is 2.71. The summed E-state index contributed by atoms with van der Waals surface area (Å²) in [6.45, 7) is 0.0673. The number of halogens is 1. The fraction of sp³-hybridized carbons (Fsp3) is 0.0476. The van der Waals surface area contributed by atoms with Gasteiger partial charge in [0.2, 0.25) is 0 Å². The normalized spacial score (nSPS) is 10.8. The lowest BCUT2D eigenvalue weighted by atomic mass is 10.2. The highest BCUT2D eigenvalue weighted by atomic mass is 19.1. The van der Waals surface area contributed by atoms with E-state index in [0.29, 0.717) is 16.9 Å². The summed E-state index contributed by atoms with van der Waals surface area (Å²) in [5.74, 6) is -2.51. The zero-order chi connectivity index (χ0) is 20.8. The van der Waals surface area contributed by atoms with Crippen molar-refractivity contribution in [2.75, 3.05) is 0 Å². The zero-order valence-corrected chi connectivity index (χ0v) is 15.0. The molecule has 148 valence electrons. The molecule has 0 aliphatic rings. The number of nitrogens with one attached hydrogen (secondary N) is 1. The van der Waals surface area contributed by atoms with E-state index in [2.05, 4.69) is 10.5 Å². The number of rotatable bonds is 6. The van der Waals surface area contributed by atoms with Crippen LogP contribution in [0.5, 0.6) is 23.0 Å². The largest absolute Gasteiger partial charge is 0.504 e. The lowest BCUT2D eigenvalue weighted by Gasteiger charge is -2.07. The van der Waals surface area contributed by atoms with E-state index in [1.165, 1.54) is 12.3 Å². The van der Waals surface area contributed by atoms with Crippen LogP contribution in [0.2, 0.25) is 0 Å². The molecule has 3 rings (SSSR count). The first-order valence-corrected chi connectivity index (χ1v) is 8.48. The van der Waals surface area contributed by atoms with Crippen LogP contribution in [-0.2, 0) is 6.61 Å². The van der Waals surface area contributed by atoms with E-state index in [1.807, 2.05) is 0 Å². The first-order valence-electron chi connectivity index (χ1n) is 8.48. The highest BCUT2D eigenvalue weighted by molar-refractivity contribution is 5.96. The van der Waals surface area contributed by atoms with Crippen molar-refractivity contribution in [3.05, 3.63) is 83.2 Å². The number of hydrazone groups is 1. The first kappa shape index (κ1) is 19.7. The molecule has 8 heteroatoms. The number of nitrogens with zero attached hydrogens (tertiary/aromatic N) is 1. The number of phenols is 3. The summed E-state index contributed by atoms with van der Waals surface area (Å²) in [5.41, 5.74) is 3.20. The lowest BCUT2D eigenvalue weighted by molar-refractivity contribution is 0.0954. The topological polar surface area (TPSA) is 111 Å². The monoisotopic (exact) mass is 396 g/mol. The van der Waals surface area contributed by atoms with Gasteiger partial charge in [-0.05, 0) is 35.9 Å². The van der Waals surface area contributed by atoms with E-state index in [9.17, 15) is 24.5 Å². The smallest absolute Gasteiger partial charge is 0.271 e. The molecule has 0 heterocycles. The number of carbonyl (C=O) groups is 1. The van der Waals surface area contributed by atoms with Crippen molar-refractivity contribution in [3.63, 3.8) is 0 Å². The van der Waals surface area contributed by atoms with Gasteiger partial charge in [0.1, 0.15) is 18.2 Å². The maximum atomic E-state index is 13.6. The number of carbonyl (C=O) groups excluding carboxylic acids is 1. The van der Waals surface area contributed by atoms with Crippen LogP contribution in [0.4, 0.5) is 4.39 Å². The molecule has 29 heavy (non-hydrogen) atoms. The fourth-order valence-corrected chi connectivity index (χ4v) is 2.43. The second-order valence-corrected chi connectivity index (χ2v) is 6.01. The van der Waals surface area contributed by atoms with E-state index < -0.39 is 23.2 Å². The molecule has 0 atom stereocenters. The minimum Gasteiger partial charge on any atom is -0.504 e. The van der Waals surface area contributed by atoms with E-state index in [-0.39, 0.29) is 18.0 Å². The van der Waals surface area contributed by atoms with Crippen LogP contribution in [0.25, 0.3) is 0 Å². The highest BCUT2D eigenvalue weighted by Crippen LogP contribution is 2.35. The predicted molar refractivity (Wildman–Crippen MR) is 104 cm³/mol. The molecular formula is C21H17FN2O5. The second kappa shape index (κ2) is 8.75. The maximum absolute atomic E-state index is 13.6. The summed E-state index contributed by atoms with van der Waals surface area (Å²) in [6.07, 6.45) is 1.37. The van der Waals surface area contributed by atoms with E-state index >= 15 is 0 Å². The standard InChI is InChI=1S/C21H17FN2O5/c22-17-7-2-1-5-14(17)12-29-16-6-3-4-13(8-16)11-23-24-21(28)15-9-18(25)20(27)19(26)10-15/h1-11,25-27H,12H2,(H,24,28)/b23-11+. The van der Waals surface area contributed by atoms with Gasteiger partial charge >= 0.3 is 0 Å². The summed E-state index contributed by atoms with van der Waals surface area (Å²) in [4.78, 5) is 12.0. The second-order valence-electron chi connectivity index (χ2n) is 6.01. The molecule has 0 bridgehead atoms. The SMILES string of the molecule is O=C(N/N=C/c1cccc(OCc2ccccc2F)c1)c1cc(O)c(O)c(O)c1. The van der Waals surface area contributed by atoms with Crippen LogP contribution in [-0.4, -0.2) is 27.4 Å². The van der Waals surface area contributed by atoms with Crippen molar-refractivity contribution in [1.29, 1.82) is 0 Å². The van der Waals surface area contributed by atoms with Gasteiger partial charge < -0.3 is 20.1 Å². The minimum absolute atomic E-state index is 0.0673. The number of amides is 1. The van der Waals surface area contributed by atoms with E-state index in [1.54, 1.807) is 42.5 Å². The van der Waals surface area contributed by atoms with E-state index in [0.717, 1.165) is 12.1 Å². The molecule has 0 aliphatic carbocycles. The fourth-order valence-electron chi connectivity index (χ4n) is 2.43. The van der Waals surface area contributed by atoms with Gasteiger partial charge in [-0.1, -0.05) is 30.3 Å². The predicted octanol–water partition coefficient (Wildman–Crippen LogP) is 3.29. The molecule has 3 aromatic rings. The Morgan fingerprint density at radius 2 is 1.76 bits per heavy atom. The summed E-state index contributed by atoms with van der Waals surface area (Å²) in [6, 6.07) is 15.1. The number of aromatic hydroxyl groups is 3. The number of hydrogen-bond donors (Lipinski definition) is 4. The van der Waals surface area contributed by atoms with Gasteiger partial charge in [-0.15, -0.1) is 0 Å². The molecule has 4 N–H and O–H groups in total. The van der Waals surface area contributed by atoms with Gasteiger partial charge in [-0.3, -0.25) is 4.79 Å². The molecule has 0 radical (unpaired) electrons. The van der Waals surface area contributed by atoms with Crippen molar-refractivity contribution in [3.8, 4) is 23.0 Å². The molecular weight excluding hydrogens is 379 g/mol. The van der Waals surface area contributed by atoms with E-state index in [4.69, 9.17) is 4.74 Å². The van der Waals surface area contributed by atoms with Crippen molar-refractivity contribution >= 4 is 12.1 Å². The van der Waals surface area contributed by atoms with Crippen molar-refractivity contribution in [2.45, 2.75) is 6.61 Å². The Labute approximate surface area is 165 Å². The molecule has 0 aliphatic heterocycles. The Morgan fingerprint density at radius 3 is 2.48 bits per heavy atom. The van der Waals surface area contributed by atoms with Crippen LogP contribution in [0.15, 0.2) is 65.8 Å². The Morgan fingerprint density at radius 1 is 1.03 bits per heavy atom. The van der Waals surface area contributed by atoms with Crippen LogP contribution in [0, 0.1) is 5.82 Å². The van der Waals surface area contributed by atoms with Crippen molar-refractivity contribution < 1.29 is 29.2 Å². The summed E-state index contributed by atoms with van der Waals surface area (Å²) < 4.78 is 19.2. The van der Waals surface area contributed by atoms with Crippen LogP contribution >= 0.6 is 0 Å². The first-order chi connectivity index (χ1) is 13.9. The molecule has 0 fully saturated rings. The van der Waals surface area contributed by atoms with Crippen LogP contribution in [0.3, 0.4) is 0 Å². The molecule has 3 aromatic carbocycles. The number of hydrogen-bond acceptors (Lipinski definition) is 6. The molecule has 1 amide bonds. The van der Waals surface area contributed by atoms with Gasteiger partial charge in [-0.2, -0.15) is 5.10 Å². The summed E-state index contributed by atoms with van der Waals surface area (Å²) in [5, 5.41) is 32.0. The molecule has 0 saturated carbocycles. The third kappa shape index (κ3) is 5.01. The quantitative estimate of drug-likeness (QED) is 0.290. The Bertz CT molecular complexity index is 1050. The lowest BCUT2D eigenvalue weighted by Crippen LogP contribution is -2.17. The maximum Gasteiger partial charge on any atom is 0.271 e. The number of benzene rings is 3. The summed E-state index contributed by atoms with van der Waals surface area (Å²) in [7, 11) is 0. The van der Waals surface area contributed by atoms with Gasteiger partial charge in [0.25, 0.3) is 5.91 Å². The zero-order valence-electron chi connectivity index (χ0n) is 15.0. The van der Waals surface area contributed by atoms with Gasteiger partial charge in [-0.25, -0.2) is 9.82 Å². The van der Waals surface area contributed by atoms with Gasteiger partial charge in [0.15, 0.2) is 17.2 Å². The van der Waals surface area contributed by atoms with Gasteiger partial charge in [0, 0.05) is 11.1 Å². The third-order valence-corrected chi connectivity index (χ3v) is 3.92. The molecule has 7 nitrogen and oxygen atoms in total. The third-order valence-electron chi connectivity index (χ3n) is 3.92. The Hall–Kier alpha value is -4.07. The Balaban J connectivity index is 1.62. The highest BCUT2D eigenvalue weighted by Gasteiger charge is 2.12. The minimum atomic E-state index is -0.711. The number of ether oxygens (including phenoxy) is 1.